The molecule has 0 fully saturated rings. The molecule has 0 spiro atoms. The maximum Gasteiger partial charge on any atom is 0.244 e. The third-order valence-corrected chi connectivity index (χ3v) is 8.44. The van der Waals surface area contributed by atoms with Gasteiger partial charge in [0.05, 0.1) is 22.0 Å². The molecule has 0 radical (unpaired) electrons. The van der Waals surface area contributed by atoms with Gasteiger partial charge in [-0.3, -0.25) is 13.9 Å². The molecule has 0 bridgehead atoms. The van der Waals surface area contributed by atoms with Crippen LogP contribution in [0.1, 0.15) is 25.0 Å². The second-order valence-corrected chi connectivity index (χ2v) is 12.9. The van der Waals surface area contributed by atoms with Crippen molar-refractivity contribution in [1.29, 1.82) is 0 Å². The van der Waals surface area contributed by atoms with Crippen LogP contribution < -0.4 is 9.62 Å². The molecule has 1 atom stereocenters. The van der Waals surface area contributed by atoms with E-state index >= 15 is 0 Å². The quantitative estimate of drug-likeness (QED) is 0.275. The number of benzene rings is 3. The lowest BCUT2D eigenvalue weighted by molar-refractivity contribution is -0.140. The van der Waals surface area contributed by atoms with E-state index in [0.717, 1.165) is 16.1 Å². The molecular formula is C29H32Cl3N3O4S. The summed E-state index contributed by atoms with van der Waals surface area (Å²) in [5, 5.41) is 3.49. The Morgan fingerprint density at radius 1 is 0.875 bits per heavy atom. The highest BCUT2D eigenvalue weighted by Gasteiger charge is 2.34. The van der Waals surface area contributed by atoms with Crippen LogP contribution in [-0.4, -0.2) is 50.5 Å². The number of halogens is 3. The standard InChI is InChI=1S/C29H32Cl3N3O4S/c1-20(2)17-33-29(37)26(16-21-10-5-4-6-11-21)34(18-22-12-7-8-13-23(22)30)27(36)19-35(40(3,38)39)25-15-9-14-24(31)28(25)32/h4-15,20,26H,16-19H2,1-3H3,(H,33,37)/t26-/m1/s1. The van der Waals surface area contributed by atoms with Gasteiger partial charge >= 0.3 is 0 Å². The molecular weight excluding hydrogens is 593 g/mol. The number of nitrogens with zero attached hydrogens (tertiary/aromatic N) is 2. The van der Waals surface area contributed by atoms with Crippen molar-refractivity contribution in [1.82, 2.24) is 10.2 Å². The van der Waals surface area contributed by atoms with Crippen LogP contribution in [0.5, 0.6) is 0 Å². The first-order valence-electron chi connectivity index (χ1n) is 12.6. The van der Waals surface area contributed by atoms with Gasteiger partial charge in [-0.2, -0.15) is 0 Å². The average molecular weight is 625 g/mol. The summed E-state index contributed by atoms with van der Waals surface area (Å²) in [6, 6.07) is 19.9. The smallest absolute Gasteiger partial charge is 0.244 e. The minimum Gasteiger partial charge on any atom is -0.354 e. The van der Waals surface area contributed by atoms with Gasteiger partial charge in [0.25, 0.3) is 0 Å². The molecule has 0 aromatic heterocycles. The third-order valence-electron chi connectivity index (χ3n) is 6.13. The van der Waals surface area contributed by atoms with Gasteiger partial charge in [0.2, 0.25) is 21.8 Å². The van der Waals surface area contributed by atoms with E-state index in [1.54, 1.807) is 30.3 Å². The SMILES string of the molecule is CC(C)CNC(=O)[C@@H](Cc1ccccc1)N(Cc1ccccc1Cl)C(=O)CN(c1cccc(Cl)c1Cl)S(C)(=O)=O. The van der Waals surface area contributed by atoms with E-state index in [0.29, 0.717) is 17.1 Å². The Morgan fingerprint density at radius 3 is 2.12 bits per heavy atom. The van der Waals surface area contributed by atoms with E-state index in [1.165, 1.54) is 17.0 Å². The number of amides is 2. The van der Waals surface area contributed by atoms with Crippen LogP contribution in [0.25, 0.3) is 0 Å². The van der Waals surface area contributed by atoms with Gasteiger partial charge in [-0.1, -0.05) is 103 Å². The van der Waals surface area contributed by atoms with E-state index in [-0.39, 0.29) is 40.5 Å². The highest BCUT2D eigenvalue weighted by atomic mass is 35.5. The highest BCUT2D eigenvalue weighted by molar-refractivity contribution is 7.92. The van der Waals surface area contributed by atoms with Crippen LogP contribution in [0.15, 0.2) is 72.8 Å². The fourth-order valence-corrected chi connectivity index (χ4v) is 5.56. The Morgan fingerprint density at radius 2 is 1.50 bits per heavy atom. The predicted octanol–water partition coefficient (Wildman–Crippen LogP) is 5.83. The largest absolute Gasteiger partial charge is 0.354 e. The number of carbonyl (C=O) groups excluding carboxylic acids is 2. The third kappa shape index (κ3) is 8.61. The Hall–Kier alpha value is -2.78. The van der Waals surface area contributed by atoms with Crippen molar-refractivity contribution in [2.45, 2.75) is 32.9 Å². The zero-order valence-electron chi connectivity index (χ0n) is 22.5. The lowest BCUT2D eigenvalue weighted by atomic mass is 10.0. The highest BCUT2D eigenvalue weighted by Crippen LogP contribution is 2.34. The summed E-state index contributed by atoms with van der Waals surface area (Å²) in [4.78, 5) is 29.1. The summed E-state index contributed by atoms with van der Waals surface area (Å²) in [7, 11) is -3.98. The number of rotatable bonds is 12. The molecule has 2 amide bonds. The van der Waals surface area contributed by atoms with Crippen LogP contribution in [0.4, 0.5) is 5.69 Å². The van der Waals surface area contributed by atoms with Crippen molar-refractivity contribution >= 4 is 62.3 Å². The van der Waals surface area contributed by atoms with Gasteiger partial charge in [-0.15, -0.1) is 0 Å². The molecule has 11 heteroatoms. The molecule has 40 heavy (non-hydrogen) atoms. The normalized spacial score (nSPS) is 12.2. The van der Waals surface area contributed by atoms with Crippen molar-refractivity contribution in [3.05, 3.63) is 99.0 Å². The van der Waals surface area contributed by atoms with Crippen molar-refractivity contribution in [2.24, 2.45) is 5.92 Å². The molecule has 0 saturated heterocycles. The number of carbonyl (C=O) groups is 2. The van der Waals surface area contributed by atoms with Crippen molar-refractivity contribution in [3.8, 4) is 0 Å². The predicted molar refractivity (Wildman–Crippen MR) is 162 cm³/mol. The number of hydrogen-bond donors (Lipinski definition) is 1. The lowest BCUT2D eigenvalue weighted by Crippen LogP contribution is -2.53. The molecule has 1 N–H and O–H groups in total. The summed E-state index contributed by atoms with van der Waals surface area (Å²) in [5.74, 6) is -0.786. The van der Waals surface area contributed by atoms with E-state index in [4.69, 9.17) is 34.8 Å². The Labute approximate surface area is 251 Å². The maximum absolute atomic E-state index is 14.1. The van der Waals surface area contributed by atoms with Gasteiger partial charge in [0.15, 0.2) is 0 Å². The van der Waals surface area contributed by atoms with Gasteiger partial charge in [-0.25, -0.2) is 8.42 Å². The maximum atomic E-state index is 14.1. The number of sulfonamides is 1. The fraction of sp³-hybridized carbons (Fsp3) is 0.310. The summed E-state index contributed by atoms with van der Waals surface area (Å²) < 4.78 is 26.7. The first-order valence-corrected chi connectivity index (χ1v) is 15.6. The minimum absolute atomic E-state index is 0.00411. The molecule has 3 aromatic carbocycles. The topological polar surface area (TPSA) is 86.8 Å². The minimum atomic E-state index is -3.98. The molecule has 0 aliphatic rings. The summed E-state index contributed by atoms with van der Waals surface area (Å²) in [5.41, 5.74) is 1.51. The van der Waals surface area contributed by atoms with Gasteiger partial charge in [0, 0.05) is 24.5 Å². The second kappa shape index (κ2) is 14.2. The summed E-state index contributed by atoms with van der Waals surface area (Å²) in [6.07, 6.45) is 1.18. The molecule has 0 saturated carbocycles. The van der Waals surface area contributed by atoms with Crippen LogP contribution in [0.2, 0.25) is 15.1 Å². The molecule has 0 aliphatic heterocycles. The number of hydrogen-bond acceptors (Lipinski definition) is 4. The lowest BCUT2D eigenvalue weighted by Gasteiger charge is -2.34. The number of nitrogens with one attached hydrogen (secondary N) is 1. The fourth-order valence-electron chi connectivity index (χ4n) is 4.07. The number of anilines is 1. The summed E-state index contributed by atoms with van der Waals surface area (Å²) >= 11 is 19.0. The van der Waals surface area contributed by atoms with E-state index in [9.17, 15) is 18.0 Å². The van der Waals surface area contributed by atoms with Crippen LogP contribution in [0.3, 0.4) is 0 Å². The molecule has 3 aromatic rings. The zero-order chi connectivity index (χ0) is 29.4. The Kier molecular flexibility index (Phi) is 11.3. The van der Waals surface area contributed by atoms with Gasteiger partial charge in [-0.05, 0) is 35.2 Å². The molecule has 0 heterocycles. The van der Waals surface area contributed by atoms with Gasteiger partial charge < -0.3 is 10.2 Å². The Bertz CT molecular complexity index is 1440. The first kappa shape index (κ1) is 31.7. The van der Waals surface area contributed by atoms with Crippen LogP contribution in [0, 0.1) is 5.92 Å². The molecule has 214 valence electrons. The Balaban J connectivity index is 2.08. The van der Waals surface area contributed by atoms with Crippen LogP contribution in [-0.2, 0) is 32.6 Å². The molecule has 3 rings (SSSR count). The van der Waals surface area contributed by atoms with E-state index < -0.39 is 28.5 Å². The summed E-state index contributed by atoms with van der Waals surface area (Å²) in [6.45, 7) is 3.72. The molecule has 0 aliphatic carbocycles. The van der Waals surface area contributed by atoms with Crippen molar-refractivity contribution in [3.63, 3.8) is 0 Å². The van der Waals surface area contributed by atoms with Gasteiger partial charge in [0.1, 0.15) is 12.6 Å². The molecule has 0 unspecified atom stereocenters. The van der Waals surface area contributed by atoms with E-state index in [2.05, 4.69) is 5.32 Å². The van der Waals surface area contributed by atoms with Crippen LogP contribution >= 0.6 is 34.8 Å². The monoisotopic (exact) mass is 623 g/mol. The van der Waals surface area contributed by atoms with Crippen molar-refractivity contribution in [2.75, 3.05) is 23.7 Å². The molecule has 7 nitrogen and oxygen atoms in total. The van der Waals surface area contributed by atoms with E-state index in [1.807, 2.05) is 44.2 Å². The average Bonchev–Trinajstić information content (AvgIpc) is 2.90. The second-order valence-electron chi connectivity index (χ2n) is 9.80. The zero-order valence-corrected chi connectivity index (χ0v) is 25.6. The van der Waals surface area contributed by atoms with Crippen molar-refractivity contribution < 1.29 is 18.0 Å². The first-order chi connectivity index (χ1) is 18.9.